The number of hydrogen-bond donors (Lipinski definition) is 1. The Balaban J connectivity index is 1.68. The molecule has 0 aliphatic heterocycles. The molecular formula is C27H25N3O3S. The van der Waals surface area contributed by atoms with Gasteiger partial charge in [-0.25, -0.2) is 13.4 Å². The van der Waals surface area contributed by atoms with Gasteiger partial charge in [-0.1, -0.05) is 25.1 Å². The SMILES string of the molecule is CCS(=O)(=O)c1cccc(-c2ccc(OCc3cccc(C)n3)c3[nH]c4ncc(C)cc4c23)c1. The summed E-state index contributed by atoms with van der Waals surface area (Å²) >= 11 is 0. The molecule has 172 valence electrons. The van der Waals surface area contributed by atoms with Gasteiger partial charge in [0.25, 0.3) is 0 Å². The lowest BCUT2D eigenvalue weighted by Gasteiger charge is -2.12. The highest BCUT2D eigenvalue weighted by Crippen LogP contribution is 2.39. The third kappa shape index (κ3) is 4.03. The van der Waals surface area contributed by atoms with Gasteiger partial charge in [-0.15, -0.1) is 0 Å². The molecule has 0 amide bonds. The summed E-state index contributed by atoms with van der Waals surface area (Å²) < 4.78 is 31.2. The number of rotatable bonds is 6. The molecule has 3 aromatic heterocycles. The Morgan fingerprint density at radius 1 is 1.00 bits per heavy atom. The van der Waals surface area contributed by atoms with Crippen LogP contribution in [0.1, 0.15) is 23.9 Å². The molecule has 5 rings (SSSR count). The number of pyridine rings is 2. The van der Waals surface area contributed by atoms with Gasteiger partial charge >= 0.3 is 0 Å². The maximum absolute atomic E-state index is 12.5. The van der Waals surface area contributed by atoms with Gasteiger partial charge in [0.2, 0.25) is 0 Å². The summed E-state index contributed by atoms with van der Waals surface area (Å²) in [4.78, 5) is 12.8. The van der Waals surface area contributed by atoms with Crippen molar-refractivity contribution in [1.29, 1.82) is 0 Å². The number of aromatic nitrogens is 3. The van der Waals surface area contributed by atoms with E-state index in [2.05, 4.69) is 21.0 Å². The van der Waals surface area contributed by atoms with E-state index in [9.17, 15) is 8.42 Å². The lowest BCUT2D eigenvalue weighted by atomic mass is 9.99. The molecule has 3 heterocycles. The summed E-state index contributed by atoms with van der Waals surface area (Å²) in [5, 5.41) is 1.92. The summed E-state index contributed by atoms with van der Waals surface area (Å²) in [6.45, 7) is 5.95. The predicted octanol–water partition coefficient (Wildman–Crippen LogP) is 5.77. The van der Waals surface area contributed by atoms with E-state index in [1.54, 1.807) is 25.1 Å². The van der Waals surface area contributed by atoms with Gasteiger partial charge in [-0.2, -0.15) is 0 Å². The lowest BCUT2D eigenvalue weighted by molar-refractivity contribution is 0.304. The maximum atomic E-state index is 12.5. The number of aromatic amines is 1. The van der Waals surface area contributed by atoms with Crippen molar-refractivity contribution < 1.29 is 13.2 Å². The number of ether oxygens (including phenoxy) is 1. The van der Waals surface area contributed by atoms with Crippen molar-refractivity contribution in [2.45, 2.75) is 32.3 Å². The van der Waals surface area contributed by atoms with E-state index in [1.807, 2.05) is 56.4 Å². The highest BCUT2D eigenvalue weighted by molar-refractivity contribution is 7.91. The van der Waals surface area contributed by atoms with Gasteiger partial charge in [0.1, 0.15) is 18.0 Å². The molecule has 5 aromatic rings. The molecule has 34 heavy (non-hydrogen) atoms. The molecule has 0 unspecified atom stereocenters. The minimum absolute atomic E-state index is 0.0574. The predicted molar refractivity (Wildman–Crippen MR) is 135 cm³/mol. The normalized spacial score (nSPS) is 11.9. The molecule has 0 radical (unpaired) electrons. The lowest BCUT2D eigenvalue weighted by Crippen LogP contribution is -2.03. The Morgan fingerprint density at radius 2 is 1.82 bits per heavy atom. The van der Waals surface area contributed by atoms with Crippen molar-refractivity contribution in [2.24, 2.45) is 0 Å². The van der Waals surface area contributed by atoms with Crippen LogP contribution >= 0.6 is 0 Å². The van der Waals surface area contributed by atoms with Crippen molar-refractivity contribution in [3.05, 3.63) is 83.8 Å². The van der Waals surface area contributed by atoms with Crippen LogP contribution in [0, 0.1) is 13.8 Å². The van der Waals surface area contributed by atoms with Crippen LogP contribution in [0.5, 0.6) is 5.75 Å². The number of sulfone groups is 1. The molecule has 0 atom stereocenters. The van der Waals surface area contributed by atoms with Gasteiger partial charge < -0.3 is 9.72 Å². The maximum Gasteiger partial charge on any atom is 0.178 e. The van der Waals surface area contributed by atoms with Gasteiger partial charge in [0, 0.05) is 22.7 Å². The van der Waals surface area contributed by atoms with E-state index in [0.717, 1.165) is 50.0 Å². The van der Waals surface area contributed by atoms with Gasteiger partial charge in [0.15, 0.2) is 9.84 Å². The Labute approximate surface area is 198 Å². The minimum Gasteiger partial charge on any atom is -0.485 e. The molecular weight excluding hydrogens is 446 g/mol. The van der Waals surface area contributed by atoms with Gasteiger partial charge in [-0.3, -0.25) is 4.98 Å². The molecule has 6 nitrogen and oxygen atoms in total. The number of nitrogens with one attached hydrogen (secondary N) is 1. The molecule has 0 saturated heterocycles. The molecule has 0 saturated carbocycles. The third-order valence-electron chi connectivity index (χ3n) is 5.91. The van der Waals surface area contributed by atoms with Crippen LogP contribution in [-0.4, -0.2) is 29.1 Å². The highest BCUT2D eigenvalue weighted by atomic mass is 32.2. The van der Waals surface area contributed by atoms with E-state index in [-0.39, 0.29) is 5.75 Å². The number of hydrogen-bond acceptors (Lipinski definition) is 5. The molecule has 2 aromatic carbocycles. The van der Waals surface area contributed by atoms with Crippen LogP contribution in [0.2, 0.25) is 0 Å². The Hall–Kier alpha value is -3.71. The average Bonchev–Trinajstić information content (AvgIpc) is 3.21. The Kier molecular flexibility index (Phi) is 5.57. The first-order chi connectivity index (χ1) is 16.4. The zero-order chi connectivity index (χ0) is 23.9. The monoisotopic (exact) mass is 471 g/mol. The largest absolute Gasteiger partial charge is 0.485 e. The first-order valence-electron chi connectivity index (χ1n) is 11.2. The van der Waals surface area contributed by atoms with Crippen molar-refractivity contribution in [3.8, 4) is 16.9 Å². The van der Waals surface area contributed by atoms with Crippen molar-refractivity contribution >= 4 is 31.8 Å². The van der Waals surface area contributed by atoms with Crippen molar-refractivity contribution in [2.75, 3.05) is 5.75 Å². The summed E-state index contributed by atoms with van der Waals surface area (Å²) in [5.41, 5.74) is 6.15. The van der Waals surface area contributed by atoms with E-state index in [0.29, 0.717) is 17.3 Å². The molecule has 0 fully saturated rings. The van der Waals surface area contributed by atoms with Crippen LogP contribution in [0.25, 0.3) is 33.1 Å². The van der Waals surface area contributed by atoms with E-state index in [4.69, 9.17) is 4.74 Å². The quantitative estimate of drug-likeness (QED) is 0.340. The second-order valence-corrected chi connectivity index (χ2v) is 10.7. The van der Waals surface area contributed by atoms with Gasteiger partial charge in [0.05, 0.1) is 21.9 Å². The summed E-state index contributed by atoms with van der Waals surface area (Å²) in [6.07, 6.45) is 1.82. The molecule has 0 bridgehead atoms. The fourth-order valence-corrected chi connectivity index (χ4v) is 5.11. The number of fused-ring (bicyclic) bond motifs is 3. The highest BCUT2D eigenvalue weighted by Gasteiger charge is 2.18. The fourth-order valence-electron chi connectivity index (χ4n) is 4.18. The van der Waals surface area contributed by atoms with Crippen LogP contribution < -0.4 is 4.74 Å². The van der Waals surface area contributed by atoms with E-state index >= 15 is 0 Å². The van der Waals surface area contributed by atoms with Gasteiger partial charge in [-0.05, 0) is 73.0 Å². The van der Waals surface area contributed by atoms with Crippen molar-refractivity contribution in [1.82, 2.24) is 15.0 Å². The van der Waals surface area contributed by atoms with Crippen LogP contribution in [-0.2, 0) is 16.4 Å². The molecule has 7 heteroatoms. The third-order valence-corrected chi connectivity index (χ3v) is 7.64. The van der Waals surface area contributed by atoms with E-state index in [1.165, 1.54) is 0 Å². The fraction of sp³-hybridized carbons (Fsp3) is 0.185. The summed E-state index contributed by atoms with van der Waals surface area (Å²) in [7, 11) is -3.32. The average molecular weight is 472 g/mol. The summed E-state index contributed by atoms with van der Waals surface area (Å²) in [6, 6.07) is 18.9. The zero-order valence-corrected chi connectivity index (χ0v) is 20.1. The summed E-state index contributed by atoms with van der Waals surface area (Å²) in [5.74, 6) is 0.747. The smallest absolute Gasteiger partial charge is 0.178 e. The molecule has 0 aliphatic rings. The zero-order valence-electron chi connectivity index (χ0n) is 19.3. The molecule has 1 N–H and O–H groups in total. The Morgan fingerprint density at radius 3 is 2.62 bits per heavy atom. The van der Waals surface area contributed by atoms with Crippen LogP contribution in [0.4, 0.5) is 0 Å². The molecule has 0 aliphatic carbocycles. The van der Waals surface area contributed by atoms with E-state index < -0.39 is 9.84 Å². The second-order valence-electron chi connectivity index (χ2n) is 8.39. The van der Waals surface area contributed by atoms with Crippen LogP contribution in [0.3, 0.4) is 0 Å². The molecule has 0 spiro atoms. The van der Waals surface area contributed by atoms with Crippen molar-refractivity contribution in [3.63, 3.8) is 0 Å². The first-order valence-corrected chi connectivity index (χ1v) is 12.8. The van der Waals surface area contributed by atoms with Crippen LogP contribution in [0.15, 0.2) is 71.8 Å². The second kappa shape index (κ2) is 8.57. The number of H-pyrrole nitrogens is 1. The number of nitrogens with zero attached hydrogens (tertiary/aromatic N) is 2. The standard InChI is InChI=1S/C27H25N3O3S/c1-4-34(31,32)21-10-6-8-19(14-21)22-11-12-24(33-16-20-9-5-7-18(3)29-20)26-25(22)23-13-17(2)15-28-27(23)30-26/h5-15H,4,16H2,1-3H3,(H,28,30). The number of aryl methyl sites for hydroxylation is 2. The number of benzene rings is 2. The first kappa shape index (κ1) is 22.1. The minimum atomic E-state index is -3.32. The Bertz CT molecular complexity index is 1640. The topological polar surface area (TPSA) is 84.9 Å².